The summed E-state index contributed by atoms with van der Waals surface area (Å²) in [5.41, 5.74) is -1.77. The molecule has 0 heterocycles. The number of carboxylic acids is 1. The fraction of sp³-hybridized carbons (Fsp3) is 0.244. The number of aliphatic carboxylic acids is 1. The van der Waals surface area contributed by atoms with E-state index >= 15 is 0 Å². The number of rotatable bonds is 14. The van der Waals surface area contributed by atoms with Gasteiger partial charge < -0.3 is 44.1 Å². The van der Waals surface area contributed by atoms with Crippen LogP contribution in [-0.4, -0.2) is 58.4 Å². The summed E-state index contributed by atoms with van der Waals surface area (Å²) in [6.45, 7) is -0.555. The third kappa shape index (κ3) is 7.07. The second-order valence-electron chi connectivity index (χ2n) is 12.4. The minimum absolute atomic E-state index is 0.134. The number of fused-ring (bicyclic) bond motifs is 1. The second kappa shape index (κ2) is 15.1. The van der Waals surface area contributed by atoms with Gasteiger partial charge in [-0.15, -0.1) is 0 Å². The molecular formula is C41H40O10. The minimum atomic E-state index is -2.92. The van der Waals surface area contributed by atoms with Gasteiger partial charge in [-0.1, -0.05) is 91.0 Å². The fourth-order valence-corrected chi connectivity index (χ4v) is 6.54. The number of aliphatic hydroxyl groups excluding tert-OH is 1. The number of ether oxygens (including phenoxy) is 5. The first-order valence-electron chi connectivity index (χ1n) is 16.4. The third-order valence-electron chi connectivity index (χ3n) is 9.23. The highest BCUT2D eigenvalue weighted by atomic mass is 16.5. The lowest BCUT2D eigenvalue weighted by Crippen LogP contribution is -2.67. The molecule has 0 amide bonds. The summed E-state index contributed by atoms with van der Waals surface area (Å²) in [6.07, 6.45) is -0.389. The standard InChI is InChI=1S/C41H40O10/c1-47-33-20-31-22-40(45,26-42)41(46,39(43)44)37(32(31)21-34(33)49-23-27-12-6-3-7-13-27)30-18-35(48-2)38(51-25-29-16-10-5-11-17-29)36(19-30)50-24-28-14-8-4-9-15-28/h3-21,37,42,45-46H,22-26H2,1-2H3,(H,43,44)/t37-,40+,41+/m0/s1. The van der Waals surface area contributed by atoms with Crippen molar-refractivity contribution in [3.63, 3.8) is 0 Å². The van der Waals surface area contributed by atoms with Crippen LogP contribution in [0.2, 0.25) is 0 Å². The van der Waals surface area contributed by atoms with E-state index in [1.807, 2.05) is 91.0 Å². The van der Waals surface area contributed by atoms with E-state index in [1.165, 1.54) is 14.2 Å². The van der Waals surface area contributed by atoms with Crippen molar-refractivity contribution in [2.45, 2.75) is 43.4 Å². The lowest BCUT2D eigenvalue weighted by Gasteiger charge is -2.49. The monoisotopic (exact) mass is 692 g/mol. The average Bonchev–Trinajstić information content (AvgIpc) is 3.16. The Morgan fingerprint density at radius 3 is 1.65 bits per heavy atom. The van der Waals surface area contributed by atoms with Gasteiger partial charge >= 0.3 is 5.97 Å². The Hall–Kier alpha value is -5.55. The van der Waals surface area contributed by atoms with Gasteiger partial charge in [0.1, 0.15) is 25.4 Å². The number of aliphatic hydroxyl groups is 3. The van der Waals surface area contributed by atoms with Crippen LogP contribution in [0.1, 0.15) is 39.3 Å². The average molecular weight is 693 g/mol. The largest absolute Gasteiger partial charge is 0.493 e. The number of hydrogen-bond acceptors (Lipinski definition) is 9. The van der Waals surface area contributed by atoms with Gasteiger partial charge in [-0.25, -0.2) is 4.79 Å². The molecule has 10 nitrogen and oxygen atoms in total. The number of hydrogen-bond donors (Lipinski definition) is 4. The molecule has 51 heavy (non-hydrogen) atoms. The molecule has 4 N–H and O–H groups in total. The molecule has 0 fully saturated rings. The summed E-state index contributed by atoms with van der Waals surface area (Å²) in [4.78, 5) is 13.2. The molecule has 0 aromatic heterocycles. The van der Waals surface area contributed by atoms with Crippen molar-refractivity contribution in [3.05, 3.63) is 149 Å². The summed E-state index contributed by atoms with van der Waals surface area (Å²) < 4.78 is 30.3. The molecule has 10 heteroatoms. The van der Waals surface area contributed by atoms with Crippen molar-refractivity contribution in [1.29, 1.82) is 0 Å². The molecule has 0 spiro atoms. The van der Waals surface area contributed by atoms with Gasteiger partial charge in [0.15, 0.2) is 23.0 Å². The highest BCUT2D eigenvalue weighted by molar-refractivity contribution is 5.83. The smallest absolute Gasteiger partial charge is 0.339 e. The SMILES string of the molecule is COc1cc2c(cc1OCc1ccccc1)[C@H](c1cc(OC)c(OCc3ccccc3)c(OCc3ccccc3)c1)[C@@](O)(C(=O)O)[C@](O)(CO)C2. The third-order valence-corrected chi connectivity index (χ3v) is 9.23. The highest BCUT2D eigenvalue weighted by Crippen LogP contribution is 2.53. The predicted molar refractivity (Wildman–Crippen MR) is 188 cm³/mol. The molecule has 3 atom stereocenters. The maximum absolute atomic E-state index is 13.2. The van der Waals surface area contributed by atoms with Crippen LogP contribution in [0.4, 0.5) is 0 Å². The van der Waals surface area contributed by atoms with Crippen LogP contribution in [0, 0.1) is 0 Å². The van der Waals surface area contributed by atoms with Crippen molar-refractivity contribution in [1.82, 2.24) is 0 Å². The van der Waals surface area contributed by atoms with Crippen LogP contribution in [0.25, 0.3) is 0 Å². The molecule has 5 aromatic carbocycles. The summed E-state index contributed by atoms with van der Waals surface area (Å²) in [7, 11) is 2.91. The first-order valence-corrected chi connectivity index (χ1v) is 16.4. The number of carboxylic acid groups (broad SMARTS) is 1. The molecule has 5 aromatic rings. The van der Waals surface area contributed by atoms with E-state index in [2.05, 4.69) is 0 Å². The quantitative estimate of drug-likeness (QED) is 0.115. The summed E-state index contributed by atoms with van der Waals surface area (Å²) in [6, 6.07) is 34.8. The molecule has 264 valence electrons. The van der Waals surface area contributed by atoms with E-state index in [0.29, 0.717) is 22.6 Å². The molecule has 0 saturated carbocycles. The molecule has 0 unspecified atom stereocenters. The van der Waals surface area contributed by atoms with Gasteiger partial charge in [0.05, 0.1) is 26.7 Å². The van der Waals surface area contributed by atoms with Crippen LogP contribution in [0.3, 0.4) is 0 Å². The number of benzene rings is 5. The number of methoxy groups -OCH3 is 2. The molecule has 1 aliphatic carbocycles. The van der Waals surface area contributed by atoms with E-state index in [4.69, 9.17) is 23.7 Å². The Morgan fingerprint density at radius 1 is 0.667 bits per heavy atom. The van der Waals surface area contributed by atoms with E-state index in [-0.39, 0.29) is 49.1 Å². The lowest BCUT2D eigenvalue weighted by molar-refractivity contribution is -0.208. The topological polar surface area (TPSA) is 144 Å². The lowest BCUT2D eigenvalue weighted by atomic mass is 9.61. The zero-order chi connectivity index (χ0) is 36.0. The Morgan fingerprint density at radius 2 is 1.16 bits per heavy atom. The van der Waals surface area contributed by atoms with Crippen molar-refractivity contribution in [3.8, 4) is 28.7 Å². The molecular weight excluding hydrogens is 652 g/mol. The minimum Gasteiger partial charge on any atom is -0.493 e. The molecule has 0 saturated heterocycles. The molecule has 1 aliphatic rings. The van der Waals surface area contributed by atoms with Crippen LogP contribution in [0.5, 0.6) is 28.7 Å². The fourth-order valence-electron chi connectivity index (χ4n) is 6.54. The van der Waals surface area contributed by atoms with Gasteiger partial charge in [0.2, 0.25) is 11.4 Å². The molecule has 6 rings (SSSR count). The van der Waals surface area contributed by atoms with Gasteiger partial charge in [-0.2, -0.15) is 0 Å². The van der Waals surface area contributed by atoms with Crippen LogP contribution >= 0.6 is 0 Å². The van der Waals surface area contributed by atoms with Crippen molar-refractivity contribution < 1.29 is 48.9 Å². The van der Waals surface area contributed by atoms with Crippen molar-refractivity contribution >= 4 is 5.97 Å². The second-order valence-corrected chi connectivity index (χ2v) is 12.4. The highest BCUT2D eigenvalue weighted by Gasteiger charge is 2.64. The van der Waals surface area contributed by atoms with E-state index in [0.717, 1.165) is 16.7 Å². The van der Waals surface area contributed by atoms with Crippen molar-refractivity contribution in [2.24, 2.45) is 0 Å². The zero-order valence-electron chi connectivity index (χ0n) is 28.3. The van der Waals surface area contributed by atoms with E-state index < -0.39 is 29.7 Å². The molecule has 0 bridgehead atoms. The molecule has 0 radical (unpaired) electrons. The van der Waals surface area contributed by atoms with Crippen LogP contribution in [0.15, 0.2) is 115 Å². The Labute approximate surface area is 296 Å². The van der Waals surface area contributed by atoms with Gasteiger partial charge in [0, 0.05) is 6.42 Å². The van der Waals surface area contributed by atoms with Crippen LogP contribution < -0.4 is 23.7 Å². The van der Waals surface area contributed by atoms with E-state index in [9.17, 15) is 25.2 Å². The van der Waals surface area contributed by atoms with Gasteiger partial charge in [-0.05, 0) is 57.6 Å². The van der Waals surface area contributed by atoms with Crippen molar-refractivity contribution in [2.75, 3.05) is 20.8 Å². The Balaban J connectivity index is 1.52. The Kier molecular flexibility index (Phi) is 10.5. The van der Waals surface area contributed by atoms with Crippen LogP contribution in [-0.2, 0) is 31.0 Å². The maximum Gasteiger partial charge on any atom is 0.339 e. The Bertz CT molecular complexity index is 1950. The van der Waals surface area contributed by atoms with E-state index in [1.54, 1.807) is 24.3 Å². The maximum atomic E-state index is 13.2. The number of carbonyl (C=O) groups is 1. The zero-order valence-corrected chi connectivity index (χ0v) is 28.3. The van der Waals surface area contributed by atoms with Gasteiger partial charge in [0.25, 0.3) is 0 Å². The predicted octanol–water partition coefficient (Wildman–Crippen LogP) is 5.67. The first kappa shape index (κ1) is 35.3. The first-order chi connectivity index (χ1) is 24.7. The summed E-state index contributed by atoms with van der Waals surface area (Å²) >= 11 is 0. The summed E-state index contributed by atoms with van der Waals surface area (Å²) in [5.74, 6) is -1.89. The summed E-state index contributed by atoms with van der Waals surface area (Å²) in [5, 5.41) is 45.2. The molecule has 0 aliphatic heterocycles. The normalized spacial score (nSPS) is 19.4. The van der Waals surface area contributed by atoms with Gasteiger partial charge in [-0.3, -0.25) is 0 Å².